The smallest absolute Gasteiger partial charge is 0.0157 e. The van der Waals surface area contributed by atoms with Gasteiger partial charge in [-0.3, -0.25) is 0 Å². The van der Waals surface area contributed by atoms with Crippen LogP contribution in [0.4, 0.5) is 0 Å². The van der Waals surface area contributed by atoms with Crippen LogP contribution in [0.15, 0.2) is 47.1 Å². The van der Waals surface area contributed by atoms with E-state index < -0.39 is 0 Å². The third-order valence-electron chi connectivity index (χ3n) is 2.01. The zero-order valence-corrected chi connectivity index (χ0v) is 6.09. The predicted molar refractivity (Wildman–Crippen MR) is 43.7 cm³/mol. The van der Waals surface area contributed by atoms with Gasteiger partial charge in [0.2, 0.25) is 0 Å². The van der Waals surface area contributed by atoms with Gasteiger partial charge < -0.3 is 0 Å². The van der Waals surface area contributed by atoms with Crippen molar-refractivity contribution in [2.24, 2.45) is 0 Å². The Hall–Kier alpha value is -1.04. The van der Waals surface area contributed by atoms with E-state index >= 15 is 0 Å². The number of rotatable bonds is 0. The topological polar surface area (TPSA) is 0 Å². The molecule has 0 aromatic carbocycles. The lowest BCUT2D eigenvalue weighted by molar-refractivity contribution is 1.29. The predicted octanol–water partition coefficient (Wildman–Crippen LogP) is 2.76. The van der Waals surface area contributed by atoms with Gasteiger partial charge in [-0.2, -0.15) is 0 Å². The molecule has 0 saturated heterocycles. The van der Waals surface area contributed by atoms with Crippen LogP contribution >= 0.6 is 0 Å². The van der Waals surface area contributed by atoms with Crippen LogP contribution in [0, 0.1) is 0 Å². The quantitative estimate of drug-likeness (QED) is 0.473. The first-order valence-electron chi connectivity index (χ1n) is 3.64. The zero-order valence-electron chi connectivity index (χ0n) is 6.09. The SMILES string of the molecule is CC1=C2C=CCC=C2C=C1. The molecule has 2 aliphatic rings. The Kier molecular flexibility index (Phi) is 1.13. The minimum absolute atomic E-state index is 1.09. The molecule has 0 heteroatoms. The Morgan fingerprint density at radius 3 is 2.90 bits per heavy atom. The molecule has 0 fully saturated rings. The molecule has 0 N–H and O–H groups in total. The Morgan fingerprint density at radius 1 is 1.20 bits per heavy atom. The van der Waals surface area contributed by atoms with Crippen LogP contribution < -0.4 is 0 Å². The van der Waals surface area contributed by atoms with E-state index in [0.717, 1.165) is 6.42 Å². The normalized spacial score (nSPS) is 21.5. The summed E-state index contributed by atoms with van der Waals surface area (Å²) < 4.78 is 0. The molecule has 0 radical (unpaired) electrons. The van der Waals surface area contributed by atoms with E-state index in [4.69, 9.17) is 0 Å². The average molecular weight is 130 g/mol. The summed E-state index contributed by atoms with van der Waals surface area (Å²) in [4.78, 5) is 0. The first kappa shape index (κ1) is 5.72. The maximum atomic E-state index is 2.27. The van der Waals surface area contributed by atoms with Crippen LogP contribution in [0.3, 0.4) is 0 Å². The average Bonchev–Trinajstić information content (AvgIpc) is 2.34. The van der Waals surface area contributed by atoms with Crippen molar-refractivity contribution >= 4 is 0 Å². The van der Waals surface area contributed by atoms with Gasteiger partial charge in [0.05, 0.1) is 0 Å². The molecule has 2 aliphatic carbocycles. The van der Waals surface area contributed by atoms with Crippen LogP contribution in [0.1, 0.15) is 13.3 Å². The van der Waals surface area contributed by atoms with Gasteiger partial charge in [0.25, 0.3) is 0 Å². The Morgan fingerprint density at radius 2 is 2.10 bits per heavy atom. The first-order chi connectivity index (χ1) is 4.88. The summed E-state index contributed by atoms with van der Waals surface area (Å²) in [5, 5.41) is 0. The van der Waals surface area contributed by atoms with E-state index in [1.165, 1.54) is 16.7 Å². The van der Waals surface area contributed by atoms with E-state index in [1.807, 2.05) is 0 Å². The second-order valence-corrected chi connectivity index (χ2v) is 2.73. The Bertz CT molecular complexity index is 272. The molecule has 0 nitrogen and oxygen atoms in total. The minimum atomic E-state index is 1.09. The Labute approximate surface area is 61.3 Å². The highest BCUT2D eigenvalue weighted by Gasteiger charge is 2.09. The van der Waals surface area contributed by atoms with E-state index in [-0.39, 0.29) is 0 Å². The van der Waals surface area contributed by atoms with Crippen LogP contribution in [0.5, 0.6) is 0 Å². The summed E-state index contributed by atoms with van der Waals surface area (Å²) >= 11 is 0. The molecule has 0 aromatic rings. The van der Waals surface area contributed by atoms with Crippen molar-refractivity contribution in [3.05, 3.63) is 47.1 Å². The van der Waals surface area contributed by atoms with Crippen molar-refractivity contribution in [3.63, 3.8) is 0 Å². The van der Waals surface area contributed by atoms with Crippen LogP contribution in [-0.2, 0) is 0 Å². The Balaban J connectivity index is 2.52. The molecule has 0 aliphatic heterocycles. The molecular weight excluding hydrogens is 120 g/mol. The summed E-state index contributed by atoms with van der Waals surface area (Å²) in [6.45, 7) is 2.16. The fraction of sp³-hybridized carbons (Fsp3) is 0.200. The molecule has 0 amide bonds. The van der Waals surface area contributed by atoms with Gasteiger partial charge in [0.1, 0.15) is 0 Å². The zero-order chi connectivity index (χ0) is 6.97. The molecule has 50 valence electrons. The lowest BCUT2D eigenvalue weighted by Crippen LogP contribution is -1.85. The monoisotopic (exact) mass is 130 g/mol. The fourth-order valence-electron chi connectivity index (χ4n) is 1.41. The second-order valence-electron chi connectivity index (χ2n) is 2.73. The minimum Gasteiger partial charge on any atom is -0.0801 e. The van der Waals surface area contributed by atoms with Crippen LogP contribution in [-0.4, -0.2) is 0 Å². The molecular formula is C10H10. The second kappa shape index (κ2) is 1.98. The van der Waals surface area contributed by atoms with Gasteiger partial charge in [-0.25, -0.2) is 0 Å². The highest BCUT2D eigenvalue weighted by molar-refractivity contribution is 5.59. The largest absolute Gasteiger partial charge is 0.0801 e. The van der Waals surface area contributed by atoms with Gasteiger partial charge in [-0.1, -0.05) is 30.4 Å². The standard InChI is InChI=1S/C10H10/c1-8-6-7-9-4-2-3-5-10(8)9/h3-7H,2H2,1H3. The van der Waals surface area contributed by atoms with Crippen molar-refractivity contribution in [2.45, 2.75) is 13.3 Å². The number of allylic oxidation sites excluding steroid dienone is 8. The summed E-state index contributed by atoms with van der Waals surface area (Å²) in [5.74, 6) is 0. The lowest BCUT2D eigenvalue weighted by Gasteiger charge is -2.04. The van der Waals surface area contributed by atoms with Gasteiger partial charge in [0.15, 0.2) is 0 Å². The maximum Gasteiger partial charge on any atom is -0.0157 e. The number of fused-ring (bicyclic) bond motifs is 1. The maximum absolute atomic E-state index is 2.27. The molecule has 0 unspecified atom stereocenters. The fourth-order valence-corrected chi connectivity index (χ4v) is 1.41. The van der Waals surface area contributed by atoms with Crippen molar-refractivity contribution in [1.29, 1.82) is 0 Å². The third-order valence-corrected chi connectivity index (χ3v) is 2.01. The summed E-state index contributed by atoms with van der Waals surface area (Å²) in [6.07, 6.45) is 12.1. The van der Waals surface area contributed by atoms with Crippen molar-refractivity contribution in [3.8, 4) is 0 Å². The van der Waals surface area contributed by atoms with E-state index in [0.29, 0.717) is 0 Å². The summed E-state index contributed by atoms with van der Waals surface area (Å²) in [5.41, 5.74) is 4.20. The highest BCUT2D eigenvalue weighted by Crippen LogP contribution is 2.28. The molecule has 0 spiro atoms. The highest BCUT2D eigenvalue weighted by atomic mass is 14.1. The number of hydrogen-bond donors (Lipinski definition) is 0. The lowest BCUT2D eigenvalue weighted by atomic mass is 10.0. The van der Waals surface area contributed by atoms with E-state index in [2.05, 4.69) is 37.3 Å². The van der Waals surface area contributed by atoms with Crippen LogP contribution in [0.25, 0.3) is 0 Å². The van der Waals surface area contributed by atoms with Gasteiger partial charge in [0, 0.05) is 0 Å². The van der Waals surface area contributed by atoms with Crippen molar-refractivity contribution < 1.29 is 0 Å². The van der Waals surface area contributed by atoms with Crippen molar-refractivity contribution in [2.75, 3.05) is 0 Å². The number of hydrogen-bond acceptors (Lipinski definition) is 0. The van der Waals surface area contributed by atoms with Gasteiger partial charge in [-0.15, -0.1) is 0 Å². The van der Waals surface area contributed by atoms with Gasteiger partial charge in [-0.05, 0) is 30.1 Å². The van der Waals surface area contributed by atoms with E-state index in [1.54, 1.807) is 0 Å². The van der Waals surface area contributed by atoms with Crippen molar-refractivity contribution in [1.82, 2.24) is 0 Å². The molecule has 0 bridgehead atoms. The third kappa shape index (κ3) is 0.688. The molecule has 0 heterocycles. The molecule has 0 aromatic heterocycles. The van der Waals surface area contributed by atoms with Crippen LogP contribution in [0.2, 0.25) is 0 Å². The summed E-state index contributed by atoms with van der Waals surface area (Å²) in [7, 11) is 0. The van der Waals surface area contributed by atoms with E-state index in [9.17, 15) is 0 Å². The molecule has 2 rings (SSSR count). The first-order valence-corrected chi connectivity index (χ1v) is 3.64. The summed E-state index contributed by atoms with van der Waals surface area (Å²) in [6, 6.07) is 0. The van der Waals surface area contributed by atoms with Gasteiger partial charge >= 0.3 is 0 Å². The molecule has 10 heavy (non-hydrogen) atoms. The molecule has 0 atom stereocenters. The molecule has 0 saturated carbocycles.